The highest BCUT2D eigenvalue weighted by atomic mass is 35.5. The Bertz CT molecular complexity index is 360. The number of hydrogen-bond donors (Lipinski definition) is 1. The Kier molecular flexibility index (Phi) is 3.95. The van der Waals surface area contributed by atoms with Crippen LogP contribution < -0.4 is 5.32 Å². The largest absolute Gasteiger partial charge is 0.381 e. The second-order valence-corrected chi connectivity index (χ2v) is 5.19. The molecule has 1 heterocycles. The molecule has 0 bridgehead atoms. The number of anilines is 1. The normalized spacial score (nSPS) is 18.7. The lowest BCUT2D eigenvalue weighted by atomic mass is 10.1. The van der Waals surface area contributed by atoms with E-state index in [9.17, 15) is 0 Å². The van der Waals surface area contributed by atoms with E-state index in [2.05, 4.69) is 17.3 Å². The van der Waals surface area contributed by atoms with Gasteiger partial charge in [0.2, 0.25) is 0 Å². The van der Waals surface area contributed by atoms with E-state index >= 15 is 0 Å². The number of benzene rings is 1. The summed E-state index contributed by atoms with van der Waals surface area (Å²) in [5.74, 6) is 0. The van der Waals surface area contributed by atoms with Crippen LogP contribution in [0.2, 0.25) is 10.0 Å². The number of nitrogens with zero attached hydrogens (tertiary/aromatic N) is 1. The Morgan fingerprint density at radius 3 is 2.56 bits per heavy atom. The first-order chi connectivity index (χ1) is 7.65. The van der Waals surface area contributed by atoms with Crippen molar-refractivity contribution in [2.24, 2.45) is 0 Å². The standard InChI is InChI=1S/C12H16Cl2N2/c1-16-6-4-10(5-7-16)15-12-3-2-9(13)8-11(12)14/h2-3,8,10,15H,4-7H2,1H3. The van der Waals surface area contributed by atoms with Crippen molar-refractivity contribution in [3.8, 4) is 0 Å². The van der Waals surface area contributed by atoms with Crippen molar-refractivity contribution in [1.29, 1.82) is 0 Å². The van der Waals surface area contributed by atoms with Gasteiger partial charge < -0.3 is 10.2 Å². The average Bonchev–Trinajstić information content (AvgIpc) is 2.25. The van der Waals surface area contributed by atoms with Crippen molar-refractivity contribution < 1.29 is 0 Å². The molecule has 1 aromatic carbocycles. The van der Waals surface area contributed by atoms with E-state index in [1.54, 1.807) is 6.07 Å². The molecule has 2 nitrogen and oxygen atoms in total. The third kappa shape index (κ3) is 3.03. The molecular weight excluding hydrogens is 243 g/mol. The Balaban J connectivity index is 1.98. The van der Waals surface area contributed by atoms with E-state index in [-0.39, 0.29) is 0 Å². The maximum Gasteiger partial charge on any atom is 0.0652 e. The lowest BCUT2D eigenvalue weighted by Gasteiger charge is -2.30. The van der Waals surface area contributed by atoms with Crippen molar-refractivity contribution in [3.05, 3.63) is 28.2 Å². The van der Waals surface area contributed by atoms with Crippen molar-refractivity contribution in [2.45, 2.75) is 18.9 Å². The summed E-state index contributed by atoms with van der Waals surface area (Å²) in [6, 6.07) is 6.11. The quantitative estimate of drug-likeness (QED) is 0.874. The van der Waals surface area contributed by atoms with Gasteiger partial charge in [-0.25, -0.2) is 0 Å². The smallest absolute Gasteiger partial charge is 0.0652 e. The van der Waals surface area contributed by atoms with Gasteiger partial charge in [-0.05, 0) is 51.2 Å². The summed E-state index contributed by atoms with van der Waals surface area (Å²) >= 11 is 12.0. The van der Waals surface area contributed by atoms with Crippen molar-refractivity contribution in [3.63, 3.8) is 0 Å². The minimum atomic E-state index is 0.523. The van der Waals surface area contributed by atoms with Crippen LogP contribution in [0.25, 0.3) is 0 Å². The van der Waals surface area contributed by atoms with Crippen LogP contribution in [-0.4, -0.2) is 31.1 Å². The molecule has 0 atom stereocenters. The fourth-order valence-electron chi connectivity index (χ4n) is 1.98. The van der Waals surface area contributed by atoms with Crippen LogP contribution >= 0.6 is 23.2 Å². The van der Waals surface area contributed by atoms with Gasteiger partial charge in [0.05, 0.1) is 10.7 Å². The molecule has 1 fully saturated rings. The zero-order valence-electron chi connectivity index (χ0n) is 9.34. The number of halogens is 2. The molecule has 2 rings (SSSR count). The SMILES string of the molecule is CN1CCC(Nc2ccc(Cl)cc2Cl)CC1. The molecule has 1 aliphatic rings. The van der Waals surface area contributed by atoms with E-state index in [4.69, 9.17) is 23.2 Å². The first-order valence-corrected chi connectivity index (χ1v) is 6.31. The molecular formula is C12H16Cl2N2. The summed E-state index contributed by atoms with van der Waals surface area (Å²) < 4.78 is 0. The van der Waals surface area contributed by atoms with Crippen molar-refractivity contribution in [2.75, 3.05) is 25.5 Å². The van der Waals surface area contributed by atoms with Gasteiger partial charge >= 0.3 is 0 Å². The number of nitrogens with one attached hydrogen (secondary N) is 1. The molecule has 0 aliphatic carbocycles. The summed E-state index contributed by atoms with van der Waals surface area (Å²) in [5, 5.41) is 4.86. The fourth-order valence-corrected chi connectivity index (χ4v) is 2.44. The lowest BCUT2D eigenvalue weighted by Crippen LogP contribution is -2.36. The molecule has 0 unspecified atom stereocenters. The third-order valence-corrected chi connectivity index (χ3v) is 3.56. The van der Waals surface area contributed by atoms with Crippen LogP contribution in [0.5, 0.6) is 0 Å². The summed E-state index contributed by atoms with van der Waals surface area (Å²) in [6.45, 7) is 2.28. The molecule has 0 radical (unpaired) electrons. The molecule has 16 heavy (non-hydrogen) atoms. The third-order valence-electron chi connectivity index (χ3n) is 3.01. The Morgan fingerprint density at radius 2 is 1.94 bits per heavy atom. The van der Waals surface area contributed by atoms with Crippen LogP contribution in [0.4, 0.5) is 5.69 Å². The number of rotatable bonds is 2. The lowest BCUT2D eigenvalue weighted by molar-refractivity contribution is 0.264. The average molecular weight is 259 g/mol. The van der Waals surface area contributed by atoms with Gasteiger partial charge in [-0.2, -0.15) is 0 Å². The number of hydrogen-bond acceptors (Lipinski definition) is 2. The van der Waals surface area contributed by atoms with Crippen molar-refractivity contribution in [1.82, 2.24) is 4.90 Å². The maximum absolute atomic E-state index is 6.12. The summed E-state index contributed by atoms with van der Waals surface area (Å²) in [7, 11) is 2.16. The van der Waals surface area contributed by atoms with Gasteiger partial charge in [-0.3, -0.25) is 0 Å². The van der Waals surface area contributed by atoms with Gasteiger partial charge in [-0.1, -0.05) is 23.2 Å². The highest BCUT2D eigenvalue weighted by Crippen LogP contribution is 2.27. The topological polar surface area (TPSA) is 15.3 Å². The maximum atomic E-state index is 6.12. The minimum absolute atomic E-state index is 0.523. The summed E-state index contributed by atoms with van der Waals surface area (Å²) in [4.78, 5) is 2.35. The minimum Gasteiger partial charge on any atom is -0.381 e. The fraction of sp³-hybridized carbons (Fsp3) is 0.500. The van der Waals surface area contributed by atoms with Crippen LogP contribution in [-0.2, 0) is 0 Å². The van der Waals surface area contributed by atoms with Crippen LogP contribution in [0.3, 0.4) is 0 Å². The predicted molar refractivity (Wildman–Crippen MR) is 70.6 cm³/mol. The first-order valence-electron chi connectivity index (χ1n) is 5.55. The number of piperidine rings is 1. The molecule has 4 heteroatoms. The predicted octanol–water partition coefficient (Wildman–Crippen LogP) is 3.50. The van der Waals surface area contributed by atoms with E-state index in [1.165, 1.54) is 0 Å². The summed E-state index contributed by atoms with van der Waals surface area (Å²) in [5.41, 5.74) is 0.987. The molecule has 88 valence electrons. The zero-order chi connectivity index (χ0) is 11.5. The van der Waals surface area contributed by atoms with Crippen LogP contribution in [0, 0.1) is 0 Å². The van der Waals surface area contributed by atoms with E-state index in [0.29, 0.717) is 16.1 Å². The molecule has 0 saturated carbocycles. The molecule has 1 saturated heterocycles. The molecule has 0 spiro atoms. The van der Waals surface area contributed by atoms with Gasteiger partial charge in [0.25, 0.3) is 0 Å². The van der Waals surface area contributed by atoms with Crippen LogP contribution in [0.1, 0.15) is 12.8 Å². The Hall–Kier alpha value is -0.440. The highest BCUT2D eigenvalue weighted by molar-refractivity contribution is 6.36. The van der Waals surface area contributed by atoms with E-state index in [1.807, 2.05) is 12.1 Å². The molecule has 0 amide bonds. The zero-order valence-corrected chi connectivity index (χ0v) is 10.9. The monoisotopic (exact) mass is 258 g/mol. The summed E-state index contributed by atoms with van der Waals surface area (Å²) in [6.07, 6.45) is 2.32. The molecule has 1 aromatic rings. The second kappa shape index (κ2) is 5.26. The Morgan fingerprint density at radius 1 is 1.25 bits per heavy atom. The van der Waals surface area contributed by atoms with E-state index < -0.39 is 0 Å². The van der Waals surface area contributed by atoms with Gasteiger partial charge in [0.1, 0.15) is 0 Å². The molecule has 1 N–H and O–H groups in total. The van der Waals surface area contributed by atoms with Crippen molar-refractivity contribution >= 4 is 28.9 Å². The second-order valence-electron chi connectivity index (χ2n) is 4.35. The highest BCUT2D eigenvalue weighted by Gasteiger charge is 2.16. The van der Waals surface area contributed by atoms with Gasteiger partial charge in [0.15, 0.2) is 0 Å². The number of likely N-dealkylation sites (tertiary alicyclic amines) is 1. The Labute approximate surface area is 107 Å². The van der Waals surface area contributed by atoms with E-state index in [0.717, 1.165) is 31.6 Å². The van der Waals surface area contributed by atoms with Gasteiger partial charge in [0, 0.05) is 11.1 Å². The first kappa shape index (κ1) is 12.0. The van der Waals surface area contributed by atoms with Crippen LogP contribution in [0.15, 0.2) is 18.2 Å². The molecule has 0 aromatic heterocycles. The van der Waals surface area contributed by atoms with Gasteiger partial charge in [-0.15, -0.1) is 0 Å². The molecule has 1 aliphatic heterocycles.